The first kappa shape index (κ1) is 15.9. The molecule has 0 aliphatic heterocycles. The zero-order chi connectivity index (χ0) is 15.5. The maximum atomic E-state index is 12.5. The van der Waals surface area contributed by atoms with Crippen molar-refractivity contribution in [2.24, 2.45) is 5.73 Å². The quantitative estimate of drug-likeness (QED) is 0.820. The molecule has 0 aliphatic rings. The predicted octanol–water partition coefficient (Wildman–Crippen LogP) is 4.81. The summed E-state index contributed by atoms with van der Waals surface area (Å²) < 4.78 is 37.5. The van der Waals surface area contributed by atoms with Crippen LogP contribution in [0.15, 0.2) is 53.4 Å². The average molecular weight is 311 g/mol. The molecule has 0 spiro atoms. The minimum atomic E-state index is -4.31. The first-order chi connectivity index (χ1) is 9.88. The van der Waals surface area contributed by atoms with Gasteiger partial charge in [-0.25, -0.2) is 0 Å². The highest BCUT2D eigenvalue weighted by atomic mass is 32.2. The van der Waals surface area contributed by atoms with Gasteiger partial charge in [-0.05, 0) is 36.2 Å². The Morgan fingerprint density at radius 3 is 2.24 bits per heavy atom. The number of rotatable bonds is 4. The number of nitrogens with two attached hydrogens (primary N) is 1. The lowest BCUT2D eigenvalue weighted by molar-refractivity contribution is -0.137. The van der Waals surface area contributed by atoms with Gasteiger partial charge in [0.05, 0.1) is 5.56 Å². The smallest absolute Gasteiger partial charge is 0.323 e. The Bertz CT molecular complexity index is 593. The second-order valence-electron chi connectivity index (χ2n) is 4.80. The third-order valence-corrected chi connectivity index (χ3v) is 4.47. The van der Waals surface area contributed by atoms with Gasteiger partial charge in [-0.15, -0.1) is 11.8 Å². The summed E-state index contributed by atoms with van der Waals surface area (Å²) in [6.45, 7) is 2.02. The average Bonchev–Trinajstić information content (AvgIpc) is 2.45. The van der Waals surface area contributed by atoms with Crippen LogP contribution in [0.3, 0.4) is 0 Å². The maximum Gasteiger partial charge on any atom is 0.416 e. The molecular weight excluding hydrogens is 295 g/mol. The van der Waals surface area contributed by atoms with E-state index >= 15 is 0 Å². The molecule has 0 saturated heterocycles. The van der Waals surface area contributed by atoms with Crippen molar-refractivity contribution in [2.75, 3.05) is 5.75 Å². The van der Waals surface area contributed by atoms with E-state index in [-0.39, 0.29) is 6.04 Å². The van der Waals surface area contributed by atoms with Gasteiger partial charge in [-0.3, -0.25) is 0 Å². The second-order valence-corrected chi connectivity index (χ2v) is 5.86. The van der Waals surface area contributed by atoms with Crippen molar-refractivity contribution in [3.8, 4) is 0 Å². The molecule has 5 heteroatoms. The summed E-state index contributed by atoms with van der Waals surface area (Å²) in [7, 11) is 0. The number of thioether (sulfide) groups is 1. The molecule has 2 N–H and O–H groups in total. The molecule has 0 fully saturated rings. The minimum absolute atomic E-state index is 0.295. The molecule has 0 heterocycles. The normalized spacial score (nSPS) is 13.2. The Labute approximate surface area is 126 Å². The molecule has 0 aromatic heterocycles. The molecular formula is C16H16F3NS. The summed E-state index contributed by atoms with van der Waals surface area (Å²) in [5.41, 5.74) is 7.28. The van der Waals surface area contributed by atoms with Gasteiger partial charge >= 0.3 is 6.18 Å². The summed E-state index contributed by atoms with van der Waals surface area (Å²) in [5.74, 6) is 0.621. The van der Waals surface area contributed by atoms with E-state index in [1.54, 1.807) is 11.8 Å². The first-order valence-corrected chi connectivity index (χ1v) is 7.47. The molecule has 1 unspecified atom stereocenters. The van der Waals surface area contributed by atoms with Gasteiger partial charge in [-0.2, -0.15) is 13.2 Å². The highest BCUT2D eigenvalue weighted by molar-refractivity contribution is 7.99. The van der Waals surface area contributed by atoms with Crippen molar-refractivity contribution in [1.82, 2.24) is 0 Å². The zero-order valence-corrected chi connectivity index (χ0v) is 12.3. The van der Waals surface area contributed by atoms with Crippen LogP contribution in [-0.4, -0.2) is 5.75 Å². The van der Waals surface area contributed by atoms with Crippen molar-refractivity contribution in [2.45, 2.75) is 24.0 Å². The summed E-state index contributed by atoms with van der Waals surface area (Å²) in [5, 5.41) is 0. The Morgan fingerprint density at radius 1 is 1.05 bits per heavy atom. The number of benzene rings is 2. The van der Waals surface area contributed by atoms with Crippen LogP contribution < -0.4 is 5.73 Å². The van der Waals surface area contributed by atoms with E-state index in [4.69, 9.17) is 5.73 Å². The fraction of sp³-hybridized carbons (Fsp3) is 0.250. The van der Waals surface area contributed by atoms with E-state index in [9.17, 15) is 13.2 Å². The summed E-state index contributed by atoms with van der Waals surface area (Å²) in [4.78, 5) is 1.14. The van der Waals surface area contributed by atoms with E-state index in [1.807, 2.05) is 31.2 Å². The third-order valence-electron chi connectivity index (χ3n) is 3.18. The molecule has 2 rings (SSSR count). The Kier molecular flexibility index (Phi) is 4.96. The lowest BCUT2D eigenvalue weighted by Gasteiger charge is -2.14. The van der Waals surface area contributed by atoms with Crippen molar-refractivity contribution < 1.29 is 13.2 Å². The topological polar surface area (TPSA) is 26.0 Å². The van der Waals surface area contributed by atoms with E-state index in [0.29, 0.717) is 11.3 Å². The lowest BCUT2D eigenvalue weighted by atomic mass is 10.1. The molecule has 0 bridgehead atoms. The lowest BCUT2D eigenvalue weighted by Crippen LogP contribution is -2.13. The fourth-order valence-corrected chi connectivity index (χ4v) is 2.94. The highest BCUT2D eigenvalue weighted by Gasteiger charge is 2.30. The van der Waals surface area contributed by atoms with Crippen LogP contribution in [0.2, 0.25) is 0 Å². The fourth-order valence-electron chi connectivity index (χ4n) is 1.91. The molecule has 0 saturated carbocycles. The van der Waals surface area contributed by atoms with Crippen LogP contribution in [0.4, 0.5) is 13.2 Å². The van der Waals surface area contributed by atoms with E-state index in [0.717, 1.165) is 17.0 Å². The Morgan fingerprint density at radius 2 is 1.67 bits per heavy atom. The van der Waals surface area contributed by atoms with Gasteiger partial charge in [0.2, 0.25) is 0 Å². The van der Waals surface area contributed by atoms with E-state index in [2.05, 4.69) is 0 Å². The van der Waals surface area contributed by atoms with E-state index in [1.165, 1.54) is 17.7 Å². The molecule has 0 amide bonds. The van der Waals surface area contributed by atoms with Gasteiger partial charge in [-0.1, -0.05) is 30.3 Å². The largest absolute Gasteiger partial charge is 0.416 e. The molecule has 112 valence electrons. The Hall–Kier alpha value is -1.46. The first-order valence-electron chi connectivity index (χ1n) is 6.49. The van der Waals surface area contributed by atoms with Gasteiger partial charge in [0.25, 0.3) is 0 Å². The van der Waals surface area contributed by atoms with E-state index < -0.39 is 11.7 Å². The summed E-state index contributed by atoms with van der Waals surface area (Å²) >= 11 is 1.61. The van der Waals surface area contributed by atoms with Crippen molar-refractivity contribution >= 4 is 11.8 Å². The number of halogens is 3. The summed E-state index contributed by atoms with van der Waals surface area (Å²) in [6.07, 6.45) is -4.31. The SMILES string of the molecule is Cc1ccccc1SCC(N)c1ccc(C(F)(F)F)cc1. The van der Waals surface area contributed by atoms with Crippen LogP contribution in [0.1, 0.15) is 22.7 Å². The second kappa shape index (κ2) is 6.54. The maximum absolute atomic E-state index is 12.5. The number of hydrogen-bond donors (Lipinski definition) is 1. The molecule has 2 aromatic carbocycles. The van der Waals surface area contributed by atoms with Crippen LogP contribution in [-0.2, 0) is 6.18 Å². The van der Waals surface area contributed by atoms with Crippen LogP contribution in [0.25, 0.3) is 0 Å². The van der Waals surface area contributed by atoms with Crippen LogP contribution in [0.5, 0.6) is 0 Å². The number of aryl methyl sites for hydroxylation is 1. The molecule has 0 radical (unpaired) electrons. The Balaban J connectivity index is 2.01. The monoisotopic (exact) mass is 311 g/mol. The molecule has 21 heavy (non-hydrogen) atoms. The highest BCUT2D eigenvalue weighted by Crippen LogP contribution is 2.31. The molecule has 1 nitrogen and oxygen atoms in total. The third kappa shape index (κ3) is 4.25. The molecule has 2 aromatic rings. The van der Waals surface area contributed by atoms with Gasteiger partial charge in [0.15, 0.2) is 0 Å². The standard InChI is InChI=1S/C16H16F3NS/c1-11-4-2-3-5-15(11)21-10-14(20)12-6-8-13(9-7-12)16(17,18)19/h2-9,14H,10,20H2,1H3. The van der Waals surface area contributed by atoms with Crippen molar-refractivity contribution in [1.29, 1.82) is 0 Å². The number of alkyl halides is 3. The zero-order valence-electron chi connectivity index (χ0n) is 11.5. The number of hydrogen-bond acceptors (Lipinski definition) is 2. The predicted molar refractivity (Wildman–Crippen MR) is 80.3 cm³/mol. The molecule has 0 aliphatic carbocycles. The van der Waals surface area contributed by atoms with Crippen LogP contribution >= 0.6 is 11.8 Å². The van der Waals surface area contributed by atoms with Gasteiger partial charge < -0.3 is 5.73 Å². The van der Waals surface area contributed by atoms with Crippen molar-refractivity contribution in [3.63, 3.8) is 0 Å². The van der Waals surface area contributed by atoms with Crippen LogP contribution in [0, 0.1) is 6.92 Å². The minimum Gasteiger partial charge on any atom is -0.323 e. The summed E-state index contributed by atoms with van der Waals surface area (Å²) in [6, 6.07) is 12.7. The van der Waals surface area contributed by atoms with Gasteiger partial charge in [0, 0.05) is 16.7 Å². The van der Waals surface area contributed by atoms with Gasteiger partial charge in [0.1, 0.15) is 0 Å². The van der Waals surface area contributed by atoms with Crippen molar-refractivity contribution in [3.05, 3.63) is 65.2 Å². The molecule has 1 atom stereocenters.